The molecular formula is C26H26F3NO4S. The summed E-state index contributed by atoms with van der Waals surface area (Å²) in [4.78, 5) is 29.5. The second-order valence-electron chi connectivity index (χ2n) is 8.92. The highest BCUT2D eigenvalue weighted by atomic mass is 32.1. The maximum atomic E-state index is 12.9. The Kier molecular flexibility index (Phi) is 7.69. The van der Waals surface area contributed by atoms with Crippen molar-refractivity contribution in [2.24, 2.45) is 0 Å². The lowest BCUT2D eigenvalue weighted by molar-refractivity contribution is -0.152. The van der Waals surface area contributed by atoms with Crippen LogP contribution in [0.3, 0.4) is 0 Å². The van der Waals surface area contributed by atoms with Crippen molar-refractivity contribution in [2.45, 2.75) is 58.2 Å². The third-order valence-corrected chi connectivity index (χ3v) is 6.56. The molecule has 0 saturated carbocycles. The third-order valence-electron chi connectivity index (χ3n) is 5.38. The van der Waals surface area contributed by atoms with E-state index in [1.165, 1.54) is 37.3 Å². The van der Waals surface area contributed by atoms with Crippen LogP contribution in [0.15, 0.2) is 48.5 Å². The van der Waals surface area contributed by atoms with Crippen LogP contribution < -0.4 is 4.74 Å². The molecule has 186 valence electrons. The Morgan fingerprint density at radius 3 is 2.14 bits per heavy atom. The molecule has 1 N–H and O–H groups in total. The molecule has 0 spiro atoms. The zero-order chi connectivity index (χ0) is 26.0. The van der Waals surface area contributed by atoms with Gasteiger partial charge in [0.25, 0.3) is 0 Å². The summed E-state index contributed by atoms with van der Waals surface area (Å²) in [5.41, 5.74) is -0.199. The second-order valence-corrected chi connectivity index (χ2v) is 10.0. The van der Waals surface area contributed by atoms with Gasteiger partial charge in [-0.3, -0.25) is 4.79 Å². The highest BCUT2D eigenvalue weighted by molar-refractivity contribution is 7.15. The molecule has 0 radical (unpaired) electrons. The predicted octanol–water partition coefficient (Wildman–Crippen LogP) is 7.01. The number of carbonyl (C=O) groups excluding carboxylic acids is 1. The number of aromatic nitrogens is 1. The topological polar surface area (TPSA) is 76.5 Å². The average molecular weight is 506 g/mol. The Bertz CT molecular complexity index is 1200. The first kappa shape index (κ1) is 26.4. The monoisotopic (exact) mass is 505 g/mol. The van der Waals surface area contributed by atoms with Crippen LogP contribution in [0.4, 0.5) is 13.2 Å². The standard InChI is InChI=1S/C26H26F3NO4S/c1-15(2)22-21(35-23(30-22)17-5-9-18(10-6-17)26(27,28)29)14-13-20(31)16-7-11-19(12-8-16)34-25(3,4)24(32)33/h5-12,15H,13-14H2,1-4H3,(H,32,33). The van der Waals surface area contributed by atoms with Crippen molar-refractivity contribution in [3.63, 3.8) is 0 Å². The number of ketones is 1. The number of hydrogen-bond acceptors (Lipinski definition) is 5. The van der Waals surface area contributed by atoms with Gasteiger partial charge in [-0.15, -0.1) is 11.3 Å². The summed E-state index contributed by atoms with van der Waals surface area (Å²) in [6.45, 7) is 6.84. The van der Waals surface area contributed by atoms with Crippen LogP contribution in [0.1, 0.15) is 66.5 Å². The van der Waals surface area contributed by atoms with Gasteiger partial charge in [0.1, 0.15) is 10.8 Å². The van der Waals surface area contributed by atoms with Gasteiger partial charge in [-0.1, -0.05) is 26.0 Å². The number of carboxylic acids is 1. The van der Waals surface area contributed by atoms with Crippen molar-refractivity contribution in [1.82, 2.24) is 4.98 Å². The van der Waals surface area contributed by atoms with Gasteiger partial charge in [0, 0.05) is 22.4 Å². The summed E-state index contributed by atoms with van der Waals surface area (Å²) in [6.07, 6.45) is -3.71. The SMILES string of the molecule is CC(C)c1nc(-c2ccc(C(F)(F)F)cc2)sc1CCC(=O)c1ccc(OC(C)(C)C(=O)O)cc1. The number of alkyl halides is 3. The van der Waals surface area contributed by atoms with E-state index < -0.39 is 23.3 Å². The molecule has 0 unspecified atom stereocenters. The van der Waals surface area contributed by atoms with Crippen molar-refractivity contribution in [1.29, 1.82) is 0 Å². The highest BCUT2D eigenvalue weighted by Crippen LogP contribution is 2.35. The first-order valence-electron chi connectivity index (χ1n) is 11.0. The van der Waals surface area contributed by atoms with Gasteiger partial charge in [-0.25, -0.2) is 9.78 Å². The molecule has 5 nitrogen and oxygen atoms in total. The van der Waals surface area contributed by atoms with Gasteiger partial charge in [-0.2, -0.15) is 13.2 Å². The smallest absolute Gasteiger partial charge is 0.416 e. The van der Waals surface area contributed by atoms with Crippen LogP contribution in [-0.4, -0.2) is 27.4 Å². The molecule has 35 heavy (non-hydrogen) atoms. The number of ether oxygens (including phenoxy) is 1. The molecule has 0 amide bonds. The number of halogens is 3. The van der Waals surface area contributed by atoms with E-state index in [1.54, 1.807) is 24.3 Å². The Hall–Kier alpha value is -3.20. The maximum Gasteiger partial charge on any atom is 0.416 e. The summed E-state index contributed by atoms with van der Waals surface area (Å²) in [7, 11) is 0. The minimum Gasteiger partial charge on any atom is -0.478 e. The van der Waals surface area contributed by atoms with E-state index in [9.17, 15) is 27.9 Å². The number of nitrogens with zero attached hydrogens (tertiary/aromatic N) is 1. The molecule has 0 aliphatic carbocycles. The van der Waals surface area contributed by atoms with E-state index in [0.717, 1.165) is 22.7 Å². The molecule has 9 heteroatoms. The fraction of sp³-hybridized carbons (Fsp3) is 0.346. The molecule has 1 heterocycles. The molecular weight excluding hydrogens is 479 g/mol. The number of thiazole rings is 1. The summed E-state index contributed by atoms with van der Waals surface area (Å²) in [5.74, 6) is -0.750. The van der Waals surface area contributed by atoms with E-state index in [0.29, 0.717) is 28.3 Å². The fourth-order valence-electron chi connectivity index (χ4n) is 3.34. The number of Topliss-reactive ketones (excluding diaryl/α,β-unsaturated/α-hetero) is 1. The molecule has 0 fully saturated rings. The lowest BCUT2D eigenvalue weighted by atomic mass is 10.0. The molecule has 0 saturated heterocycles. The molecule has 0 atom stereocenters. The Balaban J connectivity index is 1.72. The van der Waals surface area contributed by atoms with E-state index in [2.05, 4.69) is 4.98 Å². The number of carbonyl (C=O) groups is 2. The lowest BCUT2D eigenvalue weighted by Crippen LogP contribution is -2.37. The number of aryl methyl sites for hydroxylation is 1. The van der Waals surface area contributed by atoms with Crippen molar-refractivity contribution in [3.05, 3.63) is 70.2 Å². The second kappa shape index (κ2) is 10.2. The minimum absolute atomic E-state index is 0.0896. The third kappa shape index (κ3) is 6.48. The zero-order valence-corrected chi connectivity index (χ0v) is 20.6. The largest absolute Gasteiger partial charge is 0.478 e. The number of benzene rings is 2. The molecule has 0 aliphatic rings. The van der Waals surface area contributed by atoms with E-state index >= 15 is 0 Å². The van der Waals surface area contributed by atoms with Gasteiger partial charge >= 0.3 is 12.1 Å². The summed E-state index contributed by atoms with van der Waals surface area (Å²) in [5, 5.41) is 9.79. The summed E-state index contributed by atoms with van der Waals surface area (Å²) >= 11 is 1.38. The van der Waals surface area contributed by atoms with Crippen molar-refractivity contribution < 1.29 is 32.6 Å². The number of carboxylic acid groups (broad SMARTS) is 1. The molecule has 2 aromatic carbocycles. The van der Waals surface area contributed by atoms with Crippen LogP contribution >= 0.6 is 11.3 Å². The highest BCUT2D eigenvalue weighted by Gasteiger charge is 2.30. The first-order valence-corrected chi connectivity index (χ1v) is 11.8. The Morgan fingerprint density at radius 2 is 1.63 bits per heavy atom. The quantitative estimate of drug-likeness (QED) is 0.317. The average Bonchev–Trinajstić information content (AvgIpc) is 3.22. The van der Waals surface area contributed by atoms with E-state index in [1.807, 2.05) is 13.8 Å². The molecule has 1 aromatic heterocycles. The maximum absolute atomic E-state index is 12.9. The number of rotatable bonds is 9. The van der Waals surface area contributed by atoms with Gasteiger partial charge in [-0.05, 0) is 62.6 Å². The molecule has 3 aromatic rings. The van der Waals surface area contributed by atoms with Crippen LogP contribution in [0.5, 0.6) is 5.75 Å². The zero-order valence-electron chi connectivity index (χ0n) is 19.8. The van der Waals surface area contributed by atoms with Crippen molar-refractivity contribution in [2.75, 3.05) is 0 Å². The lowest BCUT2D eigenvalue weighted by Gasteiger charge is -2.21. The molecule has 0 aliphatic heterocycles. The normalized spacial score (nSPS) is 12.1. The predicted molar refractivity (Wildman–Crippen MR) is 128 cm³/mol. The van der Waals surface area contributed by atoms with E-state index in [4.69, 9.17) is 4.74 Å². The van der Waals surface area contributed by atoms with Gasteiger partial charge in [0.05, 0.1) is 11.3 Å². The molecule has 3 rings (SSSR count). The van der Waals surface area contributed by atoms with Crippen molar-refractivity contribution in [3.8, 4) is 16.3 Å². The van der Waals surface area contributed by atoms with E-state index in [-0.39, 0.29) is 18.1 Å². The van der Waals surface area contributed by atoms with Crippen LogP contribution in [0.2, 0.25) is 0 Å². The Morgan fingerprint density at radius 1 is 1.03 bits per heavy atom. The van der Waals surface area contributed by atoms with Gasteiger partial charge in [0.2, 0.25) is 0 Å². The summed E-state index contributed by atoms with van der Waals surface area (Å²) < 4.78 is 44.0. The minimum atomic E-state index is -4.40. The van der Waals surface area contributed by atoms with Crippen LogP contribution in [0, 0.1) is 0 Å². The first-order chi connectivity index (χ1) is 16.3. The fourth-order valence-corrected chi connectivity index (χ4v) is 4.56. The van der Waals surface area contributed by atoms with Crippen LogP contribution in [0.25, 0.3) is 10.6 Å². The number of aliphatic carboxylic acids is 1. The summed E-state index contributed by atoms with van der Waals surface area (Å²) in [6, 6.07) is 11.2. The van der Waals surface area contributed by atoms with Crippen molar-refractivity contribution >= 4 is 23.1 Å². The molecule has 0 bridgehead atoms. The van der Waals surface area contributed by atoms with Gasteiger partial charge < -0.3 is 9.84 Å². The van der Waals surface area contributed by atoms with Crippen LogP contribution in [-0.2, 0) is 17.4 Å². The number of hydrogen-bond donors (Lipinski definition) is 1. The van der Waals surface area contributed by atoms with Gasteiger partial charge in [0.15, 0.2) is 11.4 Å². The Labute approximate surface area is 205 Å².